The van der Waals surface area contributed by atoms with Gasteiger partial charge in [-0.25, -0.2) is 14.8 Å². The van der Waals surface area contributed by atoms with Crippen LogP contribution in [0.4, 0.5) is 4.79 Å². The van der Waals surface area contributed by atoms with E-state index in [1.54, 1.807) is 0 Å². The highest BCUT2D eigenvalue weighted by Gasteiger charge is 2.30. The van der Waals surface area contributed by atoms with Crippen LogP contribution < -0.4 is 5.32 Å². The molecular weight excluding hydrogens is 208 g/mol. The largest absolute Gasteiger partial charge is 0.350 e. The first-order valence-corrected chi connectivity index (χ1v) is 5.17. The summed E-state index contributed by atoms with van der Waals surface area (Å²) in [5, 5.41) is 2.07. The number of aliphatic imine (C=N–C) groups is 3. The second-order valence-electron chi connectivity index (χ2n) is 4.12. The number of fused-ring (bicyclic) bond motifs is 1. The smallest absolute Gasteiger partial charge is 0.271 e. The maximum atomic E-state index is 11.4. The Morgan fingerprint density at radius 2 is 1.94 bits per heavy atom. The highest BCUT2D eigenvalue weighted by molar-refractivity contribution is 6.72. The van der Waals surface area contributed by atoms with Crippen LogP contribution in [0.5, 0.6) is 0 Å². The highest BCUT2D eigenvalue weighted by Crippen LogP contribution is 2.12. The number of urea groups is 1. The van der Waals surface area contributed by atoms with Crippen molar-refractivity contribution in [3.63, 3.8) is 0 Å². The lowest BCUT2D eigenvalue weighted by atomic mass is 10.1. The Morgan fingerprint density at radius 1 is 1.19 bits per heavy atom. The zero-order chi connectivity index (χ0) is 11.7. The summed E-state index contributed by atoms with van der Waals surface area (Å²) in [6, 6.07) is -0.673. The molecule has 0 unspecified atom stereocenters. The molecule has 84 valence electrons. The molecule has 0 radical (unpaired) electrons. The van der Waals surface area contributed by atoms with Crippen LogP contribution in [0.2, 0.25) is 0 Å². The first kappa shape index (κ1) is 10.7. The zero-order valence-corrected chi connectivity index (χ0v) is 9.15. The summed E-state index contributed by atoms with van der Waals surface area (Å²) in [7, 11) is 0. The number of carbonyl (C=O) groups excluding carboxylic acids is 2. The van der Waals surface area contributed by atoms with Crippen molar-refractivity contribution in [1.29, 1.82) is 0 Å². The molecule has 1 N–H and O–H groups in total. The molecule has 0 spiro atoms. The van der Waals surface area contributed by atoms with Gasteiger partial charge in [0.25, 0.3) is 5.91 Å². The average molecular weight is 220 g/mol. The number of carbonyl (C=O) groups is 2. The standard InChI is InChI=1S/C10H12N4O2/c1-5(2)3-4-6-11-7-8(12-6)13-10(16)14-9(7)15/h5H,3-4H2,1-2H3,(H,14,15,16). The maximum Gasteiger partial charge on any atom is 0.350 e. The van der Waals surface area contributed by atoms with E-state index in [-0.39, 0.29) is 11.5 Å². The van der Waals surface area contributed by atoms with Crippen molar-refractivity contribution in [2.75, 3.05) is 0 Å². The molecule has 0 aromatic carbocycles. The van der Waals surface area contributed by atoms with Crippen LogP contribution in [0.3, 0.4) is 0 Å². The molecule has 0 aliphatic carbocycles. The molecule has 0 atom stereocenters. The quantitative estimate of drug-likeness (QED) is 0.767. The van der Waals surface area contributed by atoms with E-state index >= 15 is 0 Å². The van der Waals surface area contributed by atoms with Crippen LogP contribution >= 0.6 is 0 Å². The Balaban J connectivity index is 2.16. The third-order valence-electron chi connectivity index (χ3n) is 2.28. The summed E-state index contributed by atoms with van der Waals surface area (Å²) in [4.78, 5) is 34.0. The minimum atomic E-state index is -0.673. The van der Waals surface area contributed by atoms with Gasteiger partial charge < -0.3 is 0 Å². The van der Waals surface area contributed by atoms with Crippen LogP contribution in [-0.4, -0.2) is 29.3 Å². The van der Waals surface area contributed by atoms with E-state index in [0.29, 0.717) is 18.2 Å². The predicted octanol–water partition coefficient (Wildman–Crippen LogP) is 0.924. The third kappa shape index (κ3) is 2.05. The molecule has 0 saturated heterocycles. The van der Waals surface area contributed by atoms with Gasteiger partial charge in [0.05, 0.1) is 0 Å². The maximum absolute atomic E-state index is 11.4. The van der Waals surface area contributed by atoms with Crippen molar-refractivity contribution in [2.45, 2.75) is 26.7 Å². The Hall–Kier alpha value is -1.85. The number of amidine groups is 2. The minimum absolute atomic E-state index is 0.146. The van der Waals surface area contributed by atoms with Gasteiger partial charge in [-0.05, 0) is 12.3 Å². The number of nitrogens with zero attached hydrogens (tertiary/aromatic N) is 3. The Kier molecular flexibility index (Phi) is 2.64. The van der Waals surface area contributed by atoms with E-state index in [2.05, 4.69) is 34.1 Å². The Labute approximate surface area is 92.6 Å². The van der Waals surface area contributed by atoms with Gasteiger partial charge in [0.2, 0.25) is 0 Å². The van der Waals surface area contributed by atoms with Crippen molar-refractivity contribution in [3.8, 4) is 0 Å². The van der Waals surface area contributed by atoms with E-state index in [4.69, 9.17) is 0 Å². The van der Waals surface area contributed by atoms with Gasteiger partial charge in [-0.15, -0.1) is 0 Å². The summed E-state index contributed by atoms with van der Waals surface area (Å²) in [6.07, 6.45) is 1.64. The average Bonchev–Trinajstić information content (AvgIpc) is 2.57. The normalized spacial score (nSPS) is 19.1. The minimum Gasteiger partial charge on any atom is -0.271 e. The Bertz CT molecular complexity index is 446. The highest BCUT2D eigenvalue weighted by atomic mass is 16.2. The van der Waals surface area contributed by atoms with Crippen LogP contribution in [0.15, 0.2) is 15.0 Å². The monoisotopic (exact) mass is 220 g/mol. The van der Waals surface area contributed by atoms with Gasteiger partial charge in [-0.2, -0.15) is 4.99 Å². The van der Waals surface area contributed by atoms with Crippen molar-refractivity contribution in [2.24, 2.45) is 20.9 Å². The topological polar surface area (TPSA) is 83.2 Å². The number of amides is 3. The van der Waals surface area contributed by atoms with E-state index in [0.717, 1.165) is 6.42 Å². The molecule has 2 aliphatic heterocycles. The SMILES string of the molecule is CC(C)CCC1=NC2=NC(=O)NC(=O)C2=N1. The predicted molar refractivity (Wildman–Crippen MR) is 59.9 cm³/mol. The van der Waals surface area contributed by atoms with Gasteiger partial charge in [0.15, 0.2) is 11.5 Å². The number of hydrogen-bond donors (Lipinski definition) is 1. The molecule has 0 aromatic rings. The molecule has 2 rings (SSSR count). The fraction of sp³-hybridized carbons (Fsp3) is 0.500. The third-order valence-corrected chi connectivity index (χ3v) is 2.28. The van der Waals surface area contributed by atoms with Crippen molar-refractivity contribution >= 4 is 29.3 Å². The van der Waals surface area contributed by atoms with E-state index < -0.39 is 11.9 Å². The number of imide groups is 1. The lowest BCUT2D eigenvalue weighted by Gasteiger charge is -2.05. The lowest BCUT2D eigenvalue weighted by molar-refractivity contribution is -0.113. The van der Waals surface area contributed by atoms with Gasteiger partial charge in [-0.1, -0.05) is 13.8 Å². The summed E-state index contributed by atoms with van der Waals surface area (Å²) >= 11 is 0. The fourth-order valence-corrected chi connectivity index (χ4v) is 1.42. The molecule has 0 bridgehead atoms. The zero-order valence-electron chi connectivity index (χ0n) is 9.15. The second kappa shape index (κ2) is 3.96. The van der Waals surface area contributed by atoms with Crippen LogP contribution in [-0.2, 0) is 4.79 Å². The molecule has 0 saturated carbocycles. The van der Waals surface area contributed by atoms with Crippen LogP contribution in [0.25, 0.3) is 0 Å². The van der Waals surface area contributed by atoms with Crippen molar-refractivity contribution < 1.29 is 9.59 Å². The van der Waals surface area contributed by atoms with Gasteiger partial charge in [-0.3, -0.25) is 10.1 Å². The van der Waals surface area contributed by atoms with Gasteiger partial charge in [0, 0.05) is 6.42 Å². The van der Waals surface area contributed by atoms with Crippen molar-refractivity contribution in [3.05, 3.63) is 0 Å². The first-order valence-electron chi connectivity index (χ1n) is 5.17. The van der Waals surface area contributed by atoms with Crippen molar-refractivity contribution in [1.82, 2.24) is 5.32 Å². The summed E-state index contributed by atoms with van der Waals surface area (Å²) < 4.78 is 0. The first-order chi connectivity index (χ1) is 7.56. The molecular formula is C10H12N4O2. The van der Waals surface area contributed by atoms with E-state index in [1.165, 1.54) is 0 Å². The molecule has 16 heavy (non-hydrogen) atoms. The summed E-state index contributed by atoms with van der Waals surface area (Å²) in [5.74, 6) is 0.751. The molecule has 6 heteroatoms. The number of rotatable bonds is 3. The van der Waals surface area contributed by atoms with Crippen LogP contribution in [0, 0.1) is 5.92 Å². The number of nitrogens with one attached hydrogen (secondary N) is 1. The fourth-order valence-electron chi connectivity index (χ4n) is 1.42. The van der Waals surface area contributed by atoms with Gasteiger partial charge in [0.1, 0.15) is 5.84 Å². The molecule has 3 amide bonds. The van der Waals surface area contributed by atoms with Crippen LogP contribution in [0.1, 0.15) is 26.7 Å². The second-order valence-corrected chi connectivity index (χ2v) is 4.12. The lowest BCUT2D eigenvalue weighted by Crippen LogP contribution is -2.41. The molecule has 0 fully saturated rings. The van der Waals surface area contributed by atoms with E-state index in [1.807, 2.05) is 0 Å². The molecule has 0 aromatic heterocycles. The summed E-state index contributed by atoms with van der Waals surface area (Å²) in [5.41, 5.74) is 0.151. The summed E-state index contributed by atoms with van der Waals surface area (Å²) in [6.45, 7) is 4.20. The molecule has 2 aliphatic rings. The molecule has 6 nitrogen and oxygen atoms in total. The van der Waals surface area contributed by atoms with Gasteiger partial charge >= 0.3 is 6.03 Å². The van der Waals surface area contributed by atoms with E-state index in [9.17, 15) is 9.59 Å². The molecule has 2 heterocycles. The number of hydrogen-bond acceptors (Lipinski definition) is 4. The Morgan fingerprint density at radius 3 is 2.62 bits per heavy atom.